The van der Waals surface area contributed by atoms with Gasteiger partial charge < -0.3 is 20.2 Å². The first kappa shape index (κ1) is 11.1. The van der Waals surface area contributed by atoms with Crippen LogP contribution in [0.5, 0.6) is 0 Å². The van der Waals surface area contributed by atoms with Gasteiger partial charge in [-0.25, -0.2) is 4.57 Å². The predicted octanol–water partition coefficient (Wildman–Crippen LogP) is 1.36. The van der Waals surface area contributed by atoms with Gasteiger partial charge in [0.1, 0.15) is 0 Å². The third-order valence-electron chi connectivity index (χ3n) is 1.65. The summed E-state index contributed by atoms with van der Waals surface area (Å²) in [6.07, 6.45) is 1.08. The second-order valence-electron chi connectivity index (χ2n) is 3.46. The number of hydrogen-bond donors (Lipinski definition) is 0. The topological polar surface area (TPSA) is 104 Å². The molecule has 8 heteroatoms. The zero-order valence-corrected chi connectivity index (χ0v) is 8.28. The Balaban J connectivity index is 3.11. The van der Waals surface area contributed by atoms with Crippen LogP contribution in [0.25, 0.3) is 0 Å². The molecule has 1 rings (SSSR count). The molecule has 0 aliphatic heterocycles. The first-order chi connectivity index (χ1) is 6.91. The molecule has 0 aromatic carbocycles. The van der Waals surface area contributed by atoms with Crippen molar-refractivity contribution in [2.75, 3.05) is 0 Å². The molecule has 8 nitrogen and oxygen atoms in total. The van der Waals surface area contributed by atoms with Crippen molar-refractivity contribution in [1.29, 1.82) is 0 Å². The molecule has 0 saturated heterocycles. The largest absolute Gasteiger partial charge is 0.438 e. The zero-order chi connectivity index (χ0) is 11.6. The van der Waals surface area contributed by atoms with Gasteiger partial charge >= 0.3 is 11.8 Å². The first-order valence-electron chi connectivity index (χ1n) is 4.27. The molecule has 15 heavy (non-hydrogen) atoms. The van der Waals surface area contributed by atoms with Gasteiger partial charge in [-0.05, 0) is 20.7 Å². The lowest BCUT2D eigenvalue weighted by Gasteiger charge is -2.02. The SMILES string of the molecule is CC(C)Cn1cc([N+](=O)[O-])nc1[N+](=O)[O-]. The van der Waals surface area contributed by atoms with Crippen molar-refractivity contribution in [3.8, 4) is 0 Å². The van der Waals surface area contributed by atoms with Gasteiger partial charge in [0, 0.05) is 0 Å². The summed E-state index contributed by atoms with van der Waals surface area (Å²) in [7, 11) is 0. The maximum absolute atomic E-state index is 10.5. The van der Waals surface area contributed by atoms with E-state index in [1.807, 2.05) is 13.8 Å². The van der Waals surface area contributed by atoms with E-state index in [-0.39, 0.29) is 5.92 Å². The Morgan fingerprint density at radius 1 is 1.40 bits per heavy atom. The lowest BCUT2D eigenvalue weighted by molar-refractivity contribution is -0.403. The molecule has 1 aromatic heterocycles. The van der Waals surface area contributed by atoms with Gasteiger partial charge in [-0.2, -0.15) is 0 Å². The van der Waals surface area contributed by atoms with E-state index in [1.165, 1.54) is 4.57 Å². The monoisotopic (exact) mass is 214 g/mol. The van der Waals surface area contributed by atoms with Crippen LogP contribution in [0.4, 0.5) is 11.8 Å². The molecule has 0 aliphatic carbocycles. The molecule has 0 aliphatic rings. The zero-order valence-electron chi connectivity index (χ0n) is 8.28. The van der Waals surface area contributed by atoms with Crippen LogP contribution in [0.2, 0.25) is 0 Å². The molecule has 0 atom stereocenters. The highest BCUT2D eigenvalue weighted by Gasteiger charge is 2.23. The van der Waals surface area contributed by atoms with Crippen molar-refractivity contribution in [3.05, 3.63) is 26.4 Å². The van der Waals surface area contributed by atoms with Crippen molar-refractivity contribution < 1.29 is 9.85 Å². The van der Waals surface area contributed by atoms with E-state index in [9.17, 15) is 20.2 Å². The summed E-state index contributed by atoms with van der Waals surface area (Å²) in [5, 5.41) is 20.9. The fourth-order valence-corrected chi connectivity index (χ4v) is 1.15. The smallest absolute Gasteiger partial charge is 0.390 e. The summed E-state index contributed by atoms with van der Waals surface area (Å²) in [5.74, 6) is -0.838. The fraction of sp³-hybridized carbons (Fsp3) is 0.571. The molecule has 0 unspecified atom stereocenters. The van der Waals surface area contributed by atoms with Gasteiger partial charge in [0.2, 0.25) is 0 Å². The summed E-state index contributed by atoms with van der Waals surface area (Å²) in [4.78, 5) is 22.8. The van der Waals surface area contributed by atoms with Crippen LogP contribution in [0, 0.1) is 26.1 Å². The maximum Gasteiger partial charge on any atom is 0.438 e. The van der Waals surface area contributed by atoms with E-state index in [1.54, 1.807) is 0 Å². The number of nitro groups is 2. The van der Waals surface area contributed by atoms with Gasteiger partial charge in [-0.15, -0.1) is 0 Å². The van der Waals surface area contributed by atoms with E-state index in [2.05, 4.69) is 4.98 Å². The van der Waals surface area contributed by atoms with Crippen molar-refractivity contribution in [3.63, 3.8) is 0 Å². The Bertz CT molecular complexity index is 398. The molecule has 1 heterocycles. The Labute approximate surface area is 84.8 Å². The lowest BCUT2D eigenvalue weighted by Crippen LogP contribution is -2.07. The normalized spacial score (nSPS) is 10.6. The number of rotatable bonds is 4. The van der Waals surface area contributed by atoms with Crippen LogP contribution in [-0.4, -0.2) is 19.4 Å². The van der Waals surface area contributed by atoms with Crippen LogP contribution in [0.3, 0.4) is 0 Å². The summed E-state index contributed by atoms with van der Waals surface area (Å²) < 4.78 is 1.18. The van der Waals surface area contributed by atoms with Gasteiger partial charge in [0.25, 0.3) is 0 Å². The van der Waals surface area contributed by atoms with Crippen molar-refractivity contribution in [1.82, 2.24) is 9.55 Å². The number of nitrogens with zero attached hydrogens (tertiary/aromatic N) is 4. The average molecular weight is 214 g/mol. The second-order valence-corrected chi connectivity index (χ2v) is 3.46. The predicted molar refractivity (Wildman–Crippen MR) is 50.4 cm³/mol. The molecular formula is C7H10N4O4. The third kappa shape index (κ3) is 2.48. The molecule has 82 valence electrons. The van der Waals surface area contributed by atoms with Crippen molar-refractivity contribution in [2.45, 2.75) is 20.4 Å². The fourth-order valence-electron chi connectivity index (χ4n) is 1.15. The second kappa shape index (κ2) is 4.03. The Hall–Kier alpha value is -1.99. The Morgan fingerprint density at radius 3 is 2.40 bits per heavy atom. The van der Waals surface area contributed by atoms with Crippen LogP contribution < -0.4 is 0 Å². The molecule has 0 fully saturated rings. The van der Waals surface area contributed by atoms with E-state index in [4.69, 9.17) is 0 Å². The van der Waals surface area contributed by atoms with E-state index in [0.29, 0.717) is 6.54 Å². The van der Waals surface area contributed by atoms with Crippen molar-refractivity contribution >= 4 is 11.8 Å². The standard InChI is InChI=1S/C7H10N4O4/c1-5(2)3-9-4-6(10(12)13)8-7(9)11(14)15/h4-5H,3H2,1-2H3. The van der Waals surface area contributed by atoms with Gasteiger partial charge in [0.05, 0.1) is 6.54 Å². The third-order valence-corrected chi connectivity index (χ3v) is 1.65. The van der Waals surface area contributed by atoms with Gasteiger partial charge in [-0.1, -0.05) is 13.8 Å². The van der Waals surface area contributed by atoms with Crippen molar-refractivity contribution in [2.24, 2.45) is 5.92 Å². The molecular weight excluding hydrogens is 204 g/mol. The molecule has 1 aromatic rings. The maximum atomic E-state index is 10.5. The lowest BCUT2D eigenvalue weighted by atomic mass is 10.2. The van der Waals surface area contributed by atoms with Crippen LogP contribution in [0.15, 0.2) is 6.20 Å². The van der Waals surface area contributed by atoms with Gasteiger partial charge in [-0.3, -0.25) is 0 Å². The molecule has 0 amide bonds. The summed E-state index contributed by atoms with van der Waals surface area (Å²) in [6, 6.07) is 0. The Morgan fingerprint density at radius 2 is 2.00 bits per heavy atom. The number of aromatic nitrogens is 2. The van der Waals surface area contributed by atoms with E-state index >= 15 is 0 Å². The number of hydrogen-bond acceptors (Lipinski definition) is 5. The number of imidazole rings is 1. The molecule has 0 saturated carbocycles. The minimum Gasteiger partial charge on any atom is -0.390 e. The summed E-state index contributed by atoms with van der Waals surface area (Å²) in [6.45, 7) is 4.04. The van der Waals surface area contributed by atoms with Crippen LogP contribution >= 0.6 is 0 Å². The Kier molecular flexibility index (Phi) is 2.98. The van der Waals surface area contributed by atoms with Gasteiger partial charge in [0.15, 0.2) is 6.20 Å². The highest BCUT2D eigenvalue weighted by molar-refractivity contribution is 5.24. The highest BCUT2D eigenvalue weighted by Crippen LogP contribution is 2.18. The minimum atomic E-state index is -0.746. The summed E-state index contributed by atoms with van der Waals surface area (Å²) in [5.41, 5.74) is 0. The molecule has 0 radical (unpaired) electrons. The molecule has 0 bridgehead atoms. The van der Waals surface area contributed by atoms with E-state index in [0.717, 1.165) is 6.20 Å². The minimum absolute atomic E-state index is 0.150. The van der Waals surface area contributed by atoms with Crippen LogP contribution in [-0.2, 0) is 6.54 Å². The van der Waals surface area contributed by atoms with Crippen LogP contribution in [0.1, 0.15) is 13.8 Å². The highest BCUT2D eigenvalue weighted by atomic mass is 16.6. The average Bonchev–Trinajstić information content (AvgIpc) is 2.46. The molecule has 0 N–H and O–H groups in total. The summed E-state index contributed by atoms with van der Waals surface area (Å²) >= 11 is 0. The first-order valence-corrected chi connectivity index (χ1v) is 4.27. The quantitative estimate of drug-likeness (QED) is 0.555. The van der Waals surface area contributed by atoms with E-state index < -0.39 is 21.6 Å². The molecule has 0 spiro atoms.